The molecule has 1 aliphatic carbocycles. The third-order valence-corrected chi connectivity index (χ3v) is 6.55. The Morgan fingerprint density at radius 2 is 1.93 bits per heavy atom. The number of nitrogens with two attached hydrogens (primary N) is 1. The fourth-order valence-electron chi connectivity index (χ4n) is 3.85. The lowest BCUT2D eigenvalue weighted by Crippen LogP contribution is -1.98. The molecule has 8 heteroatoms. The van der Waals surface area contributed by atoms with Crippen molar-refractivity contribution in [2.75, 3.05) is 18.2 Å². The van der Waals surface area contributed by atoms with E-state index in [1.807, 2.05) is 36.4 Å². The number of ether oxygens (including phenoxy) is 1. The Labute approximate surface area is 178 Å². The van der Waals surface area contributed by atoms with Crippen molar-refractivity contribution in [3.8, 4) is 16.3 Å². The Morgan fingerprint density at radius 1 is 1.07 bits per heavy atom. The van der Waals surface area contributed by atoms with E-state index in [0.717, 1.165) is 43.7 Å². The number of benzene rings is 1. The molecule has 0 aliphatic heterocycles. The topological polar surface area (TPSA) is 98.8 Å². The van der Waals surface area contributed by atoms with Crippen molar-refractivity contribution >= 4 is 39.6 Å². The van der Waals surface area contributed by atoms with Crippen LogP contribution in [0.15, 0.2) is 42.6 Å². The van der Waals surface area contributed by atoms with Crippen LogP contribution in [0.25, 0.3) is 21.6 Å². The molecular weight excluding hydrogens is 396 g/mol. The van der Waals surface area contributed by atoms with Gasteiger partial charge in [-0.3, -0.25) is 4.98 Å². The van der Waals surface area contributed by atoms with Crippen molar-refractivity contribution in [3.05, 3.63) is 47.6 Å². The molecule has 0 unspecified atom stereocenters. The number of rotatable bonds is 5. The molecule has 0 radical (unpaired) electrons. The van der Waals surface area contributed by atoms with Gasteiger partial charge in [0.2, 0.25) is 0 Å². The van der Waals surface area contributed by atoms with Crippen molar-refractivity contribution < 1.29 is 4.74 Å². The van der Waals surface area contributed by atoms with E-state index in [4.69, 9.17) is 10.5 Å². The average molecular weight is 419 g/mol. The minimum absolute atomic E-state index is 0.442. The number of hydrogen-bond acceptors (Lipinski definition) is 8. The van der Waals surface area contributed by atoms with Crippen molar-refractivity contribution in [2.24, 2.45) is 0 Å². The number of methoxy groups -OCH3 is 1. The molecule has 152 valence electrons. The number of hydrogen-bond donors (Lipinski definition) is 2. The number of fused-ring (bicyclic) bond motifs is 1. The van der Waals surface area contributed by atoms with Crippen molar-refractivity contribution in [1.29, 1.82) is 0 Å². The van der Waals surface area contributed by atoms with Crippen LogP contribution in [0, 0.1) is 0 Å². The van der Waals surface area contributed by atoms with Crippen LogP contribution in [0.5, 0.6) is 5.75 Å². The molecule has 0 bridgehead atoms. The van der Waals surface area contributed by atoms with Gasteiger partial charge in [-0.25, -0.2) is 4.98 Å². The molecule has 3 aromatic heterocycles. The average Bonchev–Trinajstić information content (AvgIpc) is 3.45. The summed E-state index contributed by atoms with van der Waals surface area (Å²) in [7, 11) is 1.65. The Bertz CT molecular complexity index is 1200. The molecule has 1 saturated carbocycles. The Morgan fingerprint density at radius 3 is 2.77 bits per heavy atom. The highest BCUT2D eigenvalue weighted by Crippen LogP contribution is 2.38. The van der Waals surface area contributed by atoms with Gasteiger partial charge in [-0.05, 0) is 37.1 Å². The van der Waals surface area contributed by atoms with Gasteiger partial charge in [0.15, 0.2) is 5.01 Å². The predicted octanol–water partition coefficient (Wildman–Crippen LogP) is 5.14. The first kappa shape index (κ1) is 18.7. The first-order valence-corrected chi connectivity index (χ1v) is 10.8. The number of nitrogen functional groups attached to an aromatic ring is 1. The van der Waals surface area contributed by atoms with E-state index in [0.29, 0.717) is 11.7 Å². The van der Waals surface area contributed by atoms with E-state index < -0.39 is 0 Å². The van der Waals surface area contributed by atoms with Crippen LogP contribution in [0.4, 0.5) is 17.2 Å². The molecule has 0 saturated heterocycles. The van der Waals surface area contributed by atoms with E-state index in [1.165, 1.54) is 25.7 Å². The van der Waals surface area contributed by atoms with Gasteiger partial charge in [0, 0.05) is 17.7 Å². The molecular formula is C22H22N6OS. The lowest BCUT2D eigenvalue weighted by atomic mass is 10.1. The Hall–Kier alpha value is -3.26. The zero-order valence-electron chi connectivity index (χ0n) is 16.6. The summed E-state index contributed by atoms with van der Waals surface area (Å²) in [5.74, 6) is 1.76. The van der Waals surface area contributed by atoms with Gasteiger partial charge in [-0.15, -0.1) is 10.2 Å². The van der Waals surface area contributed by atoms with Crippen molar-refractivity contribution in [1.82, 2.24) is 20.2 Å². The van der Waals surface area contributed by atoms with Crippen molar-refractivity contribution in [3.63, 3.8) is 0 Å². The molecule has 7 nitrogen and oxygen atoms in total. The summed E-state index contributed by atoms with van der Waals surface area (Å²) in [4.78, 5) is 9.16. The summed E-state index contributed by atoms with van der Waals surface area (Å²) < 4.78 is 5.27. The van der Waals surface area contributed by atoms with Gasteiger partial charge in [0.1, 0.15) is 16.6 Å². The highest BCUT2D eigenvalue weighted by molar-refractivity contribution is 7.14. The molecule has 0 spiro atoms. The van der Waals surface area contributed by atoms with Gasteiger partial charge in [0.25, 0.3) is 0 Å². The highest BCUT2D eigenvalue weighted by atomic mass is 32.1. The second-order valence-corrected chi connectivity index (χ2v) is 8.48. The summed E-state index contributed by atoms with van der Waals surface area (Å²) in [5.41, 5.74) is 10.3. The normalized spacial score (nSPS) is 14.3. The molecule has 1 aliphatic rings. The van der Waals surface area contributed by atoms with E-state index in [-0.39, 0.29) is 0 Å². The van der Waals surface area contributed by atoms with Crippen LogP contribution in [-0.4, -0.2) is 27.3 Å². The maximum atomic E-state index is 6.28. The van der Waals surface area contributed by atoms with Crippen LogP contribution in [0.2, 0.25) is 0 Å². The molecule has 4 aromatic rings. The van der Waals surface area contributed by atoms with Crippen LogP contribution in [-0.2, 0) is 0 Å². The second-order valence-electron chi connectivity index (χ2n) is 7.47. The van der Waals surface area contributed by atoms with Crippen LogP contribution >= 0.6 is 11.3 Å². The Balaban J connectivity index is 1.44. The Kier molecular flexibility index (Phi) is 4.92. The molecule has 3 heterocycles. The quantitative estimate of drug-likeness (QED) is 0.463. The summed E-state index contributed by atoms with van der Waals surface area (Å²) in [6.07, 6.45) is 6.73. The van der Waals surface area contributed by atoms with Gasteiger partial charge in [0.05, 0.1) is 35.6 Å². The van der Waals surface area contributed by atoms with Crippen LogP contribution in [0.1, 0.15) is 36.6 Å². The molecule has 5 rings (SSSR count). The smallest absolute Gasteiger partial charge is 0.151 e. The summed E-state index contributed by atoms with van der Waals surface area (Å²) in [6.45, 7) is 0. The van der Waals surface area contributed by atoms with Gasteiger partial charge < -0.3 is 15.8 Å². The SMILES string of the molecule is COc1cccc(Nc2cnc3cc(-c4nnc(C5CCCC5)s4)c(N)nc3c2)c1. The molecule has 0 amide bonds. The number of anilines is 3. The van der Waals surface area contributed by atoms with E-state index in [9.17, 15) is 0 Å². The fourth-order valence-corrected chi connectivity index (χ4v) is 4.89. The van der Waals surface area contributed by atoms with Crippen LogP contribution < -0.4 is 15.8 Å². The number of nitrogens with one attached hydrogen (secondary N) is 1. The summed E-state index contributed by atoms with van der Waals surface area (Å²) >= 11 is 1.62. The van der Waals surface area contributed by atoms with E-state index >= 15 is 0 Å². The minimum atomic E-state index is 0.442. The lowest BCUT2D eigenvalue weighted by Gasteiger charge is -2.09. The zero-order chi connectivity index (χ0) is 20.5. The maximum absolute atomic E-state index is 6.28. The predicted molar refractivity (Wildman–Crippen MR) is 120 cm³/mol. The third-order valence-electron chi connectivity index (χ3n) is 5.43. The van der Waals surface area contributed by atoms with Crippen LogP contribution in [0.3, 0.4) is 0 Å². The first-order valence-electron chi connectivity index (χ1n) is 10.0. The van der Waals surface area contributed by atoms with Crippen molar-refractivity contribution in [2.45, 2.75) is 31.6 Å². The molecule has 3 N–H and O–H groups in total. The molecule has 30 heavy (non-hydrogen) atoms. The first-order chi connectivity index (χ1) is 14.7. The zero-order valence-corrected chi connectivity index (χ0v) is 17.4. The highest BCUT2D eigenvalue weighted by Gasteiger charge is 2.22. The second kappa shape index (κ2) is 7.87. The largest absolute Gasteiger partial charge is 0.497 e. The standard InChI is InChI=1S/C22H22N6OS/c1-29-16-8-4-7-14(9-16)25-15-10-19-18(24-12-15)11-17(20(23)26-19)22-28-27-21(30-22)13-5-2-3-6-13/h4,7-13,25H,2-3,5-6H2,1H3,(H2,23,26). The molecule has 0 atom stereocenters. The number of pyridine rings is 2. The fraction of sp³-hybridized carbons (Fsp3) is 0.273. The van der Waals surface area contributed by atoms with Gasteiger partial charge in [-0.1, -0.05) is 30.2 Å². The number of nitrogens with zero attached hydrogens (tertiary/aromatic N) is 4. The summed E-state index contributed by atoms with van der Waals surface area (Å²) in [6, 6.07) is 11.6. The lowest BCUT2D eigenvalue weighted by molar-refractivity contribution is 0.415. The number of aromatic nitrogens is 4. The monoisotopic (exact) mass is 418 g/mol. The minimum Gasteiger partial charge on any atom is -0.497 e. The maximum Gasteiger partial charge on any atom is 0.151 e. The van der Waals surface area contributed by atoms with Gasteiger partial charge >= 0.3 is 0 Å². The van der Waals surface area contributed by atoms with E-state index in [1.54, 1.807) is 24.6 Å². The summed E-state index contributed by atoms with van der Waals surface area (Å²) in [5, 5.41) is 14.0. The van der Waals surface area contributed by atoms with E-state index in [2.05, 4.69) is 25.5 Å². The van der Waals surface area contributed by atoms with Gasteiger partial charge in [-0.2, -0.15) is 0 Å². The third kappa shape index (κ3) is 3.66. The molecule has 1 fully saturated rings. The molecule has 1 aromatic carbocycles.